The third-order valence-electron chi connectivity index (χ3n) is 1.03. The van der Waals surface area contributed by atoms with Crippen LogP contribution in [0.1, 0.15) is 13.8 Å². The third-order valence-corrected chi connectivity index (χ3v) is 1.03. The number of rotatable bonds is 4. The molecule has 0 saturated carbocycles. The van der Waals surface area contributed by atoms with Gasteiger partial charge in [-0.1, -0.05) is 0 Å². The minimum absolute atomic E-state index is 0.0896. The average Bonchev–Trinajstić information content (AvgIpc) is 1.97. The minimum atomic E-state index is -1.47. The molecule has 0 aliphatic heterocycles. The lowest BCUT2D eigenvalue weighted by Gasteiger charge is -2.06. The number of amides is 1. The summed E-state index contributed by atoms with van der Waals surface area (Å²) < 4.78 is 5.06. The molecule has 0 bridgehead atoms. The van der Waals surface area contributed by atoms with E-state index >= 15 is 0 Å². The number of nitrogens with one attached hydrogen (secondary N) is 1. The van der Waals surface area contributed by atoms with Crippen LogP contribution in [0.3, 0.4) is 0 Å². The molecule has 0 aromatic heterocycles. The highest BCUT2D eigenvalue weighted by Crippen LogP contribution is 1.84. The maximum atomic E-state index is 10.4. The summed E-state index contributed by atoms with van der Waals surface area (Å²) in [5.41, 5.74) is 0. The van der Waals surface area contributed by atoms with Gasteiger partial charge in [-0.05, 0) is 13.8 Å². The summed E-state index contributed by atoms with van der Waals surface area (Å²) in [6.07, 6.45) is 0.0896. The minimum Gasteiger partial charge on any atom is -0.474 e. The predicted molar refractivity (Wildman–Crippen MR) is 41.7 cm³/mol. The number of carboxylic acids is 1. The lowest BCUT2D eigenvalue weighted by Crippen LogP contribution is -2.33. The second-order valence-electron chi connectivity index (χ2n) is 2.48. The van der Waals surface area contributed by atoms with E-state index in [1.165, 1.54) is 0 Å². The van der Waals surface area contributed by atoms with E-state index in [4.69, 9.17) is 9.84 Å². The Hall–Kier alpha value is -1.10. The average molecular weight is 175 g/mol. The number of carbonyl (C=O) groups excluding carboxylic acids is 1. The van der Waals surface area contributed by atoms with Crippen LogP contribution in [0.5, 0.6) is 0 Å². The number of aliphatic carboxylic acids is 1. The van der Waals surface area contributed by atoms with Crippen LogP contribution in [0.4, 0.5) is 0 Å². The van der Waals surface area contributed by atoms with Gasteiger partial charge in [-0.2, -0.15) is 0 Å². The van der Waals surface area contributed by atoms with Crippen LogP contribution in [0.25, 0.3) is 0 Å². The number of hydrogen-bond acceptors (Lipinski definition) is 3. The van der Waals surface area contributed by atoms with Gasteiger partial charge in [0.1, 0.15) is 0 Å². The van der Waals surface area contributed by atoms with Crippen molar-refractivity contribution in [3.8, 4) is 0 Å². The highest BCUT2D eigenvalue weighted by atomic mass is 16.5. The molecule has 5 nitrogen and oxygen atoms in total. The summed E-state index contributed by atoms with van der Waals surface area (Å²) in [6, 6.07) is 0. The Morgan fingerprint density at radius 2 is 2.08 bits per heavy atom. The second kappa shape index (κ2) is 5.54. The maximum absolute atomic E-state index is 10.4. The van der Waals surface area contributed by atoms with Gasteiger partial charge in [0, 0.05) is 6.54 Å². The molecule has 0 aromatic carbocycles. The molecule has 0 atom stereocenters. The highest BCUT2D eigenvalue weighted by molar-refractivity contribution is 6.31. The topological polar surface area (TPSA) is 75.6 Å². The van der Waals surface area contributed by atoms with Crippen LogP contribution in [0, 0.1) is 0 Å². The molecule has 1 amide bonds. The van der Waals surface area contributed by atoms with Gasteiger partial charge >= 0.3 is 11.9 Å². The molecule has 0 radical (unpaired) electrons. The molecule has 0 fully saturated rings. The Labute approximate surface area is 70.7 Å². The van der Waals surface area contributed by atoms with Gasteiger partial charge in [-0.3, -0.25) is 4.79 Å². The van der Waals surface area contributed by atoms with Crippen molar-refractivity contribution in [3.63, 3.8) is 0 Å². The van der Waals surface area contributed by atoms with E-state index in [0.717, 1.165) is 0 Å². The first-order valence-electron chi connectivity index (χ1n) is 3.66. The summed E-state index contributed by atoms with van der Waals surface area (Å²) >= 11 is 0. The quantitative estimate of drug-likeness (QED) is 0.451. The first kappa shape index (κ1) is 10.9. The largest absolute Gasteiger partial charge is 0.474 e. The molecule has 0 rings (SSSR count). The molecule has 5 heteroatoms. The molecule has 0 aliphatic carbocycles. The van der Waals surface area contributed by atoms with E-state index in [1.807, 2.05) is 13.8 Å². The van der Waals surface area contributed by atoms with E-state index in [2.05, 4.69) is 5.32 Å². The smallest absolute Gasteiger partial charge is 0.394 e. The number of ether oxygens (including phenoxy) is 1. The lowest BCUT2D eigenvalue weighted by atomic mass is 10.5. The van der Waals surface area contributed by atoms with E-state index in [9.17, 15) is 9.59 Å². The van der Waals surface area contributed by atoms with Crippen LogP contribution >= 0.6 is 0 Å². The van der Waals surface area contributed by atoms with E-state index in [0.29, 0.717) is 6.61 Å². The third kappa shape index (κ3) is 5.67. The first-order chi connectivity index (χ1) is 5.54. The Bertz CT molecular complexity index is 167. The molecule has 0 aliphatic rings. The SMILES string of the molecule is CC(C)OCCNC(=O)C(=O)O. The summed E-state index contributed by atoms with van der Waals surface area (Å²) in [5.74, 6) is -2.47. The molecule has 0 saturated heterocycles. The zero-order valence-corrected chi connectivity index (χ0v) is 7.16. The summed E-state index contributed by atoms with van der Waals surface area (Å²) in [6.45, 7) is 4.28. The van der Waals surface area contributed by atoms with Gasteiger partial charge in [0.15, 0.2) is 0 Å². The standard InChI is InChI=1S/C7H13NO4/c1-5(2)12-4-3-8-6(9)7(10)11/h5H,3-4H2,1-2H3,(H,8,9)(H,10,11). The molecule has 0 unspecified atom stereocenters. The lowest BCUT2D eigenvalue weighted by molar-refractivity contribution is -0.150. The van der Waals surface area contributed by atoms with Crippen LogP contribution in [0.2, 0.25) is 0 Å². The Morgan fingerprint density at radius 3 is 2.50 bits per heavy atom. The molecule has 70 valence electrons. The number of hydrogen-bond donors (Lipinski definition) is 2. The summed E-state index contributed by atoms with van der Waals surface area (Å²) in [7, 11) is 0. The normalized spacial score (nSPS) is 9.92. The van der Waals surface area contributed by atoms with Crippen molar-refractivity contribution in [1.29, 1.82) is 0 Å². The van der Waals surface area contributed by atoms with E-state index in [-0.39, 0.29) is 12.6 Å². The molecular weight excluding hydrogens is 162 g/mol. The monoisotopic (exact) mass is 175 g/mol. The van der Waals surface area contributed by atoms with Gasteiger partial charge < -0.3 is 15.2 Å². The van der Waals surface area contributed by atoms with Crippen molar-refractivity contribution in [2.75, 3.05) is 13.2 Å². The van der Waals surface area contributed by atoms with Gasteiger partial charge in [-0.15, -0.1) is 0 Å². The van der Waals surface area contributed by atoms with Gasteiger partial charge in [-0.25, -0.2) is 4.79 Å². The molecular formula is C7H13NO4. The number of carboxylic acid groups (broad SMARTS) is 1. The van der Waals surface area contributed by atoms with Gasteiger partial charge in [0.2, 0.25) is 0 Å². The maximum Gasteiger partial charge on any atom is 0.394 e. The van der Waals surface area contributed by atoms with Crippen LogP contribution in [0.15, 0.2) is 0 Å². The zero-order valence-electron chi connectivity index (χ0n) is 7.16. The fourth-order valence-electron chi connectivity index (χ4n) is 0.535. The van der Waals surface area contributed by atoms with Crippen molar-refractivity contribution < 1.29 is 19.4 Å². The fourth-order valence-corrected chi connectivity index (χ4v) is 0.535. The molecule has 0 spiro atoms. The van der Waals surface area contributed by atoms with Crippen molar-refractivity contribution in [1.82, 2.24) is 5.32 Å². The summed E-state index contributed by atoms with van der Waals surface area (Å²) in [4.78, 5) is 20.4. The van der Waals surface area contributed by atoms with E-state index < -0.39 is 11.9 Å². The first-order valence-corrected chi connectivity index (χ1v) is 3.66. The van der Waals surface area contributed by atoms with Gasteiger partial charge in [0.05, 0.1) is 12.7 Å². The molecule has 2 N–H and O–H groups in total. The Kier molecular flexibility index (Phi) is 5.03. The molecule has 12 heavy (non-hydrogen) atoms. The van der Waals surface area contributed by atoms with Crippen molar-refractivity contribution in [2.45, 2.75) is 20.0 Å². The summed E-state index contributed by atoms with van der Waals surface area (Å²) in [5, 5.41) is 10.3. The predicted octanol–water partition coefficient (Wildman–Crippen LogP) is -0.388. The fraction of sp³-hybridized carbons (Fsp3) is 0.714. The van der Waals surface area contributed by atoms with Crippen LogP contribution < -0.4 is 5.32 Å². The number of carbonyl (C=O) groups is 2. The molecule has 0 heterocycles. The Balaban J connectivity index is 3.32. The highest BCUT2D eigenvalue weighted by Gasteiger charge is 2.08. The van der Waals surface area contributed by atoms with Crippen LogP contribution in [-0.2, 0) is 14.3 Å². The zero-order chi connectivity index (χ0) is 9.56. The van der Waals surface area contributed by atoms with E-state index in [1.54, 1.807) is 0 Å². The van der Waals surface area contributed by atoms with Gasteiger partial charge in [0.25, 0.3) is 0 Å². The van der Waals surface area contributed by atoms with Crippen molar-refractivity contribution >= 4 is 11.9 Å². The van der Waals surface area contributed by atoms with Crippen molar-refractivity contribution in [3.05, 3.63) is 0 Å². The van der Waals surface area contributed by atoms with Crippen molar-refractivity contribution in [2.24, 2.45) is 0 Å². The van der Waals surface area contributed by atoms with Crippen LogP contribution in [-0.4, -0.2) is 36.2 Å². The Morgan fingerprint density at radius 1 is 1.50 bits per heavy atom. The molecule has 0 aromatic rings. The second-order valence-corrected chi connectivity index (χ2v) is 2.48.